The van der Waals surface area contributed by atoms with Crippen LogP contribution < -0.4 is 10.5 Å². The molecule has 0 spiro atoms. The minimum atomic E-state index is -4.57. The van der Waals surface area contributed by atoms with Gasteiger partial charge in [-0.25, -0.2) is 4.98 Å². The summed E-state index contributed by atoms with van der Waals surface area (Å²) in [4.78, 5) is 48.6. The zero-order valence-corrected chi connectivity index (χ0v) is 23.4. The number of alkyl halides is 3. The van der Waals surface area contributed by atoms with Crippen molar-refractivity contribution in [3.8, 4) is 16.2 Å². The van der Waals surface area contributed by atoms with Gasteiger partial charge in [-0.05, 0) is 42.3 Å². The number of hydrogen-bond donors (Lipinski definition) is 2. The van der Waals surface area contributed by atoms with E-state index >= 15 is 0 Å². The fourth-order valence-corrected chi connectivity index (χ4v) is 6.81. The number of nitrogens with zero attached hydrogens (tertiary/aromatic N) is 2. The monoisotopic (exact) mass is 604 g/mol. The Bertz CT molecular complexity index is 1880. The Balaban J connectivity index is 1.55. The third-order valence-electron chi connectivity index (χ3n) is 7.46. The lowest BCUT2D eigenvalue weighted by molar-refractivity contribution is -0.137. The van der Waals surface area contributed by atoms with Crippen LogP contribution >= 0.6 is 11.3 Å². The number of H-pyrrole nitrogens is 1. The molecule has 0 fully saturated rings. The number of benzene rings is 2. The second-order valence-corrected chi connectivity index (χ2v) is 11.1. The number of ether oxygens (including phenoxy) is 1. The molecular formula is C31H23F3N4O4S. The van der Waals surface area contributed by atoms with Crippen molar-refractivity contribution < 1.29 is 32.3 Å². The van der Waals surface area contributed by atoms with Crippen molar-refractivity contribution >= 4 is 40.1 Å². The molecule has 43 heavy (non-hydrogen) atoms. The van der Waals surface area contributed by atoms with E-state index in [0.29, 0.717) is 27.2 Å². The van der Waals surface area contributed by atoms with Crippen LogP contribution in [0.1, 0.15) is 53.0 Å². The molecule has 3 amide bonds. The fraction of sp³-hybridized carbons (Fsp3) is 0.161. The van der Waals surface area contributed by atoms with Crippen LogP contribution in [0.25, 0.3) is 21.5 Å². The van der Waals surface area contributed by atoms with Crippen molar-refractivity contribution in [2.75, 3.05) is 13.7 Å². The molecule has 218 valence electrons. The number of carbonyl (C=O) groups is 3. The summed E-state index contributed by atoms with van der Waals surface area (Å²) in [6.07, 6.45) is -1.30. The standard InChI is InChI=1S/C31H23F3N4O4S/c1-42-24-23(25(43-26(24)27(35)39)19-9-11-36-28-20(19)10-12-37-28)17(13-16-5-4-6-18(14-16)31(32,33)34)15-38-29(40)21-7-2-3-8-22(21)30(38)41/h2-12,14,17H,13,15H2,1H3,(H2,35,39)(H,36,37)/t17-/m1/s1. The summed E-state index contributed by atoms with van der Waals surface area (Å²) in [7, 11) is 1.36. The van der Waals surface area contributed by atoms with Gasteiger partial charge in [-0.1, -0.05) is 30.3 Å². The van der Waals surface area contributed by atoms with E-state index in [-0.39, 0.29) is 34.7 Å². The highest BCUT2D eigenvalue weighted by atomic mass is 32.1. The van der Waals surface area contributed by atoms with Gasteiger partial charge in [-0.2, -0.15) is 13.2 Å². The summed E-state index contributed by atoms with van der Waals surface area (Å²) in [6, 6.07) is 14.8. The first-order valence-corrected chi connectivity index (χ1v) is 13.9. The molecule has 0 bridgehead atoms. The highest BCUT2D eigenvalue weighted by Gasteiger charge is 2.39. The molecule has 1 aliphatic rings. The molecule has 12 heteroatoms. The predicted molar refractivity (Wildman–Crippen MR) is 154 cm³/mol. The molecule has 3 N–H and O–H groups in total. The number of nitrogens with one attached hydrogen (secondary N) is 1. The van der Waals surface area contributed by atoms with Crippen molar-refractivity contribution in [2.24, 2.45) is 5.73 Å². The number of aromatic amines is 1. The number of fused-ring (bicyclic) bond motifs is 2. The molecule has 6 rings (SSSR count). The summed E-state index contributed by atoms with van der Waals surface area (Å²) >= 11 is 1.07. The minimum absolute atomic E-state index is 0.0169. The predicted octanol–water partition coefficient (Wildman–Crippen LogP) is 6.04. The van der Waals surface area contributed by atoms with Gasteiger partial charge >= 0.3 is 6.18 Å². The lowest BCUT2D eigenvalue weighted by atomic mass is 9.88. The topological polar surface area (TPSA) is 118 Å². The number of methoxy groups -OCH3 is 1. The number of thiophene rings is 1. The number of imide groups is 1. The zero-order valence-electron chi connectivity index (χ0n) is 22.6. The smallest absolute Gasteiger partial charge is 0.416 e. The molecule has 0 saturated heterocycles. The molecule has 0 radical (unpaired) electrons. The Morgan fingerprint density at radius 2 is 1.77 bits per heavy atom. The Morgan fingerprint density at radius 3 is 2.42 bits per heavy atom. The van der Waals surface area contributed by atoms with E-state index in [2.05, 4.69) is 9.97 Å². The lowest BCUT2D eigenvalue weighted by Crippen LogP contribution is -2.34. The highest BCUT2D eigenvalue weighted by molar-refractivity contribution is 7.18. The first-order valence-electron chi connectivity index (χ1n) is 13.1. The first kappa shape index (κ1) is 28.2. The number of halogens is 3. The van der Waals surface area contributed by atoms with E-state index in [1.54, 1.807) is 48.8 Å². The lowest BCUT2D eigenvalue weighted by Gasteiger charge is -2.25. The summed E-state index contributed by atoms with van der Waals surface area (Å²) in [5.74, 6) is -2.44. The van der Waals surface area contributed by atoms with Gasteiger partial charge in [0.2, 0.25) is 0 Å². The Hall–Kier alpha value is -4.97. The molecule has 2 aromatic carbocycles. The minimum Gasteiger partial charge on any atom is -0.495 e. The van der Waals surface area contributed by atoms with Crippen LogP contribution in [-0.4, -0.2) is 46.2 Å². The van der Waals surface area contributed by atoms with Crippen molar-refractivity contribution in [2.45, 2.75) is 18.5 Å². The molecule has 4 heterocycles. The molecule has 1 aliphatic heterocycles. The summed E-state index contributed by atoms with van der Waals surface area (Å²) < 4.78 is 46.7. The number of amides is 3. The van der Waals surface area contributed by atoms with Gasteiger partial charge in [0.05, 0.1) is 23.8 Å². The number of aromatic nitrogens is 2. The average molecular weight is 605 g/mol. The van der Waals surface area contributed by atoms with E-state index in [9.17, 15) is 27.6 Å². The van der Waals surface area contributed by atoms with Crippen LogP contribution in [0.4, 0.5) is 13.2 Å². The van der Waals surface area contributed by atoms with Gasteiger partial charge in [0.15, 0.2) is 0 Å². The van der Waals surface area contributed by atoms with Gasteiger partial charge in [-0.3, -0.25) is 19.3 Å². The van der Waals surface area contributed by atoms with Crippen LogP contribution in [0, 0.1) is 0 Å². The summed E-state index contributed by atoms with van der Waals surface area (Å²) in [6.45, 7) is -0.192. The van der Waals surface area contributed by atoms with Gasteiger partial charge in [0.25, 0.3) is 17.7 Å². The molecule has 5 aromatic rings. The number of carbonyl (C=O) groups excluding carboxylic acids is 3. The van der Waals surface area contributed by atoms with Crippen molar-refractivity contribution in [3.63, 3.8) is 0 Å². The molecule has 3 aromatic heterocycles. The zero-order chi connectivity index (χ0) is 30.5. The normalized spacial score (nSPS) is 13.9. The molecule has 8 nitrogen and oxygen atoms in total. The average Bonchev–Trinajstić information content (AvgIpc) is 3.68. The summed E-state index contributed by atoms with van der Waals surface area (Å²) in [5, 5.41) is 0.724. The van der Waals surface area contributed by atoms with Crippen molar-refractivity contribution in [1.29, 1.82) is 0 Å². The van der Waals surface area contributed by atoms with Crippen LogP contribution in [0.3, 0.4) is 0 Å². The molecule has 0 unspecified atom stereocenters. The second kappa shape index (κ2) is 10.7. The SMILES string of the molecule is COc1c(C(N)=O)sc(-c2ccnc3[nH]ccc23)c1[C@H](Cc1cccc(C(F)(F)F)c1)CN1C(=O)c2ccccc2C1=O. The number of hydrogen-bond acceptors (Lipinski definition) is 6. The Labute approximate surface area is 246 Å². The maximum atomic E-state index is 13.6. The van der Waals surface area contributed by atoms with E-state index in [4.69, 9.17) is 10.5 Å². The van der Waals surface area contributed by atoms with E-state index < -0.39 is 35.4 Å². The quantitative estimate of drug-likeness (QED) is 0.210. The number of nitrogens with two attached hydrogens (primary N) is 1. The molecular weight excluding hydrogens is 581 g/mol. The van der Waals surface area contributed by atoms with Gasteiger partial charge in [0, 0.05) is 46.2 Å². The first-order chi connectivity index (χ1) is 20.6. The maximum Gasteiger partial charge on any atom is 0.416 e. The molecule has 0 aliphatic carbocycles. The third kappa shape index (κ3) is 4.93. The van der Waals surface area contributed by atoms with Crippen molar-refractivity contribution in [1.82, 2.24) is 14.9 Å². The largest absolute Gasteiger partial charge is 0.495 e. The number of rotatable bonds is 8. The van der Waals surface area contributed by atoms with Gasteiger partial charge < -0.3 is 15.5 Å². The van der Waals surface area contributed by atoms with E-state index in [1.807, 2.05) is 6.07 Å². The maximum absolute atomic E-state index is 13.6. The van der Waals surface area contributed by atoms with Crippen LogP contribution in [0.15, 0.2) is 73.1 Å². The fourth-order valence-electron chi connectivity index (χ4n) is 5.57. The Morgan fingerprint density at radius 1 is 1.05 bits per heavy atom. The van der Waals surface area contributed by atoms with Gasteiger partial charge in [-0.15, -0.1) is 11.3 Å². The number of pyridine rings is 1. The van der Waals surface area contributed by atoms with Crippen LogP contribution in [0.5, 0.6) is 5.75 Å². The van der Waals surface area contributed by atoms with Crippen LogP contribution in [0.2, 0.25) is 0 Å². The second-order valence-electron chi connectivity index (χ2n) is 10.0. The highest BCUT2D eigenvalue weighted by Crippen LogP contribution is 2.48. The third-order valence-corrected chi connectivity index (χ3v) is 8.69. The Kier molecular flexibility index (Phi) is 7.01. The van der Waals surface area contributed by atoms with E-state index in [1.165, 1.54) is 13.2 Å². The van der Waals surface area contributed by atoms with E-state index in [0.717, 1.165) is 33.8 Å². The molecule has 1 atom stereocenters. The molecule has 0 saturated carbocycles. The van der Waals surface area contributed by atoms with Crippen molar-refractivity contribution in [3.05, 3.63) is 106 Å². The number of primary amides is 1. The van der Waals surface area contributed by atoms with Crippen LogP contribution in [-0.2, 0) is 12.6 Å². The summed E-state index contributed by atoms with van der Waals surface area (Å²) in [5.41, 5.74) is 7.42. The van der Waals surface area contributed by atoms with Gasteiger partial charge in [0.1, 0.15) is 16.3 Å².